The van der Waals surface area contributed by atoms with Crippen molar-refractivity contribution in [2.45, 2.75) is 31.8 Å². The van der Waals surface area contributed by atoms with Crippen LogP contribution in [0.5, 0.6) is 0 Å². The van der Waals surface area contributed by atoms with Crippen molar-refractivity contribution in [3.63, 3.8) is 0 Å². The highest BCUT2D eigenvalue weighted by Crippen LogP contribution is 2.22. The summed E-state index contributed by atoms with van der Waals surface area (Å²) >= 11 is 0. The summed E-state index contributed by atoms with van der Waals surface area (Å²) in [6.45, 7) is 1.96. The molecule has 6 heteroatoms. The van der Waals surface area contributed by atoms with Crippen molar-refractivity contribution < 1.29 is 9.59 Å². The quantitative estimate of drug-likeness (QED) is 0.883. The second-order valence-electron chi connectivity index (χ2n) is 5.77. The number of hydrogen-bond acceptors (Lipinski definition) is 3. The Bertz CT molecular complexity index is 719. The molecule has 1 aliphatic carbocycles. The highest BCUT2D eigenvalue weighted by molar-refractivity contribution is 5.98. The fourth-order valence-electron chi connectivity index (χ4n) is 2.46. The molecule has 1 aromatic heterocycles. The topological polar surface area (TPSA) is 76.0 Å². The summed E-state index contributed by atoms with van der Waals surface area (Å²) in [5.41, 5.74) is 1.68. The summed E-state index contributed by atoms with van der Waals surface area (Å²) in [7, 11) is 1.55. The molecule has 0 bridgehead atoms. The molecular weight excluding hydrogens is 292 g/mol. The lowest BCUT2D eigenvalue weighted by atomic mass is 10.1. The third-order valence-corrected chi connectivity index (χ3v) is 3.99. The summed E-state index contributed by atoms with van der Waals surface area (Å²) in [5, 5.41) is 9.85. The van der Waals surface area contributed by atoms with Gasteiger partial charge in [-0.2, -0.15) is 5.10 Å². The lowest BCUT2D eigenvalue weighted by Crippen LogP contribution is -2.29. The Morgan fingerprint density at radius 1 is 1.22 bits per heavy atom. The maximum Gasteiger partial charge on any atom is 0.271 e. The van der Waals surface area contributed by atoms with Crippen LogP contribution >= 0.6 is 0 Å². The Morgan fingerprint density at radius 2 is 1.91 bits per heavy atom. The Morgan fingerprint density at radius 3 is 2.52 bits per heavy atom. The van der Waals surface area contributed by atoms with E-state index in [4.69, 9.17) is 0 Å². The van der Waals surface area contributed by atoms with Gasteiger partial charge in [0.15, 0.2) is 5.69 Å². The van der Waals surface area contributed by atoms with Crippen LogP contribution < -0.4 is 10.6 Å². The largest absolute Gasteiger partial charge is 0.354 e. The number of rotatable bonds is 5. The molecule has 1 atom stereocenters. The molecule has 120 valence electrons. The van der Waals surface area contributed by atoms with Crippen molar-refractivity contribution in [1.82, 2.24) is 20.4 Å². The third-order valence-electron chi connectivity index (χ3n) is 3.99. The molecule has 2 aromatic rings. The average Bonchev–Trinajstić information content (AvgIpc) is 3.28. The minimum absolute atomic E-state index is 0.144. The predicted octanol–water partition coefficient (Wildman–Crippen LogP) is 1.74. The molecule has 0 aliphatic heterocycles. The molecule has 0 unspecified atom stereocenters. The van der Waals surface area contributed by atoms with E-state index in [0.717, 1.165) is 18.4 Å². The van der Waals surface area contributed by atoms with Crippen molar-refractivity contribution in [3.8, 4) is 0 Å². The summed E-state index contributed by atoms with van der Waals surface area (Å²) in [5.74, 6) is -0.484. The van der Waals surface area contributed by atoms with Crippen molar-refractivity contribution in [2.24, 2.45) is 0 Å². The van der Waals surface area contributed by atoms with E-state index in [9.17, 15) is 9.59 Å². The van der Waals surface area contributed by atoms with Gasteiger partial charge in [-0.1, -0.05) is 30.3 Å². The van der Waals surface area contributed by atoms with E-state index in [1.807, 2.05) is 37.3 Å². The van der Waals surface area contributed by atoms with Crippen molar-refractivity contribution in [1.29, 1.82) is 0 Å². The van der Waals surface area contributed by atoms with Crippen LogP contribution in [-0.2, 0) is 0 Å². The first-order valence-electron chi connectivity index (χ1n) is 7.77. The zero-order valence-electron chi connectivity index (χ0n) is 13.2. The molecule has 3 rings (SSSR count). The van der Waals surface area contributed by atoms with Crippen LogP contribution in [0.2, 0.25) is 0 Å². The highest BCUT2D eigenvalue weighted by Gasteiger charge is 2.28. The summed E-state index contributed by atoms with van der Waals surface area (Å²) in [6, 6.07) is 11.4. The smallest absolute Gasteiger partial charge is 0.271 e. The van der Waals surface area contributed by atoms with Gasteiger partial charge in [0.1, 0.15) is 5.69 Å². The van der Waals surface area contributed by atoms with Gasteiger partial charge in [-0.3, -0.25) is 14.3 Å². The standard InChI is InChI=1S/C17H20N4O2/c1-11(12-6-4-3-5-7-12)21-15(17(23)19-13-8-9-13)10-14(20-21)16(22)18-2/h3-7,10-11,13H,8-9H2,1-2H3,(H,18,22)(H,19,23)/t11-/m0/s1. The molecule has 6 nitrogen and oxygen atoms in total. The predicted molar refractivity (Wildman–Crippen MR) is 86.4 cm³/mol. The Labute approximate surface area is 134 Å². The van der Waals surface area contributed by atoms with E-state index in [0.29, 0.717) is 5.69 Å². The van der Waals surface area contributed by atoms with Crippen LogP contribution in [0.15, 0.2) is 36.4 Å². The van der Waals surface area contributed by atoms with Crippen molar-refractivity contribution >= 4 is 11.8 Å². The number of hydrogen-bond donors (Lipinski definition) is 2. The van der Waals surface area contributed by atoms with Gasteiger partial charge >= 0.3 is 0 Å². The van der Waals surface area contributed by atoms with E-state index >= 15 is 0 Å². The van der Waals surface area contributed by atoms with E-state index in [-0.39, 0.29) is 29.6 Å². The van der Waals surface area contributed by atoms with E-state index in [2.05, 4.69) is 15.7 Å². The Kier molecular flexibility index (Phi) is 4.14. The second kappa shape index (κ2) is 6.24. The fraction of sp³-hybridized carbons (Fsp3) is 0.353. The van der Waals surface area contributed by atoms with Gasteiger partial charge in [-0.05, 0) is 25.3 Å². The summed E-state index contributed by atoms with van der Waals surface area (Å²) < 4.78 is 1.62. The first-order valence-corrected chi connectivity index (χ1v) is 7.77. The first-order chi connectivity index (χ1) is 11.1. The number of nitrogens with zero attached hydrogens (tertiary/aromatic N) is 2. The van der Waals surface area contributed by atoms with Gasteiger partial charge in [0.05, 0.1) is 6.04 Å². The van der Waals surface area contributed by atoms with Gasteiger partial charge in [0.2, 0.25) is 0 Å². The molecule has 1 saturated carbocycles. The normalized spacial score (nSPS) is 15.0. The number of carbonyl (C=O) groups excluding carboxylic acids is 2. The first kappa shape index (κ1) is 15.3. The molecule has 0 saturated heterocycles. The van der Waals surface area contributed by atoms with Crippen LogP contribution in [-0.4, -0.2) is 34.7 Å². The summed E-state index contributed by atoms with van der Waals surface area (Å²) in [6.07, 6.45) is 2.02. The fourth-order valence-corrected chi connectivity index (χ4v) is 2.46. The molecule has 1 aromatic carbocycles. The average molecular weight is 312 g/mol. The number of nitrogens with one attached hydrogen (secondary N) is 2. The van der Waals surface area contributed by atoms with Crippen LogP contribution in [0.3, 0.4) is 0 Å². The minimum Gasteiger partial charge on any atom is -0.354 e. The van der Waals surface area contributed by atoms with Crippen LogP contribution in [0.4, 0.5) is 0 Å². The Balaban J connectivity index is 1.97. The summed E-state index contributed by atoms with van der Waals surface area (Å²) in [4.78, 5) is 24.3. The third kappa shape index (κ3) is 3.26. The van der Waals surface area contributed by atoms with Crippen LogP contribution in [0.25, 0.3) is 0 Å². The monoisotopic (exact) mass is 312 g/mol. The lowest BCUT2D eigenvalue weighted by Gasteiger charge is -2.15. The molecule has 1 fully saturated rings. The second-order valence-corrected chi connectivity index (χ2v) is 5.77. The number of amides is 2. The Hall–Kier alpha value is -2.63. The SMILES string of the molecule is CNC(=O)c1cc(C(=O)NC2CC2)n([C@@H](C)c2ccccc2)n1. The van der Waals surface area contributed by atoms with E-state index in [1.54, 1.807) is 17.8 Å². The van der Waals surface area contributed by atoms with Crippen molar-refractivity contribution in [2.75, 3.05) is 7.05 Å². The highest BCUT2D eigenvalue weighted by atomic mass is 16.2. The molecule has 23 heavy (non-hydrogen) atoms. The van der Waals surface area contributed by atoms with Crippen molar-refractivity contribution in [3.05, 3.63) is 53.3 Å². The lowest BCUT2D eigenvalue weighted by molar-refractivity contribution is 0.0935. The van der Waals surface area contributed by atoms with E-state index in [1.165, 1.54) is 0 Å². The van der Waals surface area contributed by atoms with Gasteiger partial charge in [-0.25, -0.2) is 0 Å². The number of benzene rings is 1. The molecule has 2 amide bonds. The molecular formula is C17H20N4O2. The minimum atomic E-state index is -0.301. The maximum atomic E-state index is 12.5. The van der Waals surface area contributed by atoms with Gasteiger partial charge in [0.25, 0.3) is 11.8 Å². The van der Waals surface area contributed by atoms with Gasteiger partial charge in [-0.15, -0.1) is 0 Å². The zero-order chi connectivity index (χ0) is 16.4. The molecule has 1 heterocycles. The van der Waals surface area contributed by atoms with Crippen LogP contribution in [0, 0.1) is 0 Å². The van der Waals surface area contributed by atoms with Gasteiger partial charge in [0, 0.05) is 19.2 Å². The van der Waals surface area contributed by atoms with E-state index < -0.39 is 0 Å². The number of carbonyl (C=O) groups is 2. The zero-order valence-corrected chi connectivity index (χ0v) is 13.2. The maximum absolute atomic E-state index is 12.5. The number of aromatic nitrogens is 2. The molecule has 0 spiro atoms. The molecule has 0 radical (unpaired) electrons. The molecule has 2 N–H and O–H groups in total. The molecule has 1 aliphatic rings. The van der Waals surface area contributed by atoms with Crippen LogP contribution in [0.1, 0.15) is 52.3 Å². The van der Waals surface area contributed by atoms with Gasteiger partial charge < -0.3 is 10.6 Å².